The number of fused-ring (bicyclic) bond motifs is 3. The molecule has 27 nitrogen and oxygen atoms in total. The fourth-order valence-electron chi connectivity index (χ4n) is 10.2. The monoisotopic (exact) mass is 1430 g/mol. The largest absolute Gasteiger partial charge is 0.450 e. The number of methoxy groups -OCH3 is 3. The smallest absolute Gasteiger partial charge is 0.414 e. The number of nitro benzene ring substituents is 2. The maximum absolute atomic E-state index is 13.8. The summed E-state index contributed by atoms with van der Waals surface area (Å²) in [5.41, 5.74) is 8.05. The van der Waals surface area contributed by atoms with E-state index in [1.54, 1.807) is 110 Å². The fourth-order valence-corrected chi connectivity index (χ4v) is 10.7. The van der Waals surface area contributed by atoms with E-state index < -0.39 is 57.0 Å². The zero-order valence-corrected chi connectivity index (χ0v) is 57.2. The normalized spacial score (nSPS) is 10.9. The van der Waals surface area contributed by atoms with E-state index in [0.717, 1.165) is 24.3 Å². The van der Waals surface area contributed by atoms with Gasteiger partial charge in [0, 0.05) is 135 Å². The third-order valence-electron chi connectivity index (χ3n) is 14.7. The molecule has 0 aliphatic carbocycles. The molecular weight excluding hydrogens is 1360 g/mol. The Kier molecular flexibility index (Phi) is 27.5. The Balaban J connectivity index is 0.000000209. The number of hydrogen-bond acceptors (Lipinski definition) is 22. The predicted octanol–water partition coefficient (Wildman–Crippen LogP) is 15.6. The van der Waals surface area contributed by atoms with Crippen molar-refractivity contribution in [3.63, 3.8) is 0 Å². The maximum atomic E-state index is 13.8. The number of ether oxygens (including phenoxy) is 6. The van der Waals surface area contributed by atoms with E-state index in [9.17, 15) is 53.4 Å². The average molecular weight is 1430 g/mol. The SMILES string of the molecule is CCOC(=O)N(CCCOC)c1c(C(=O)c2ccc(F)c([N+](=O)[O-])c2)oc2ccc(Cl)cc12.CCOC(=O)N(CCCOC)c1c(C(=O)c2ccc(NC)c(N)c2)oc2ccc(Cl)cc12.CCOC(=O)N(CCCOC)c1c(C(=O)c2ccc(NC)c([N+](=O)[O-])c2)oc2ccc(Cl)cc12. The molecule has 0 aliphatic rings. The average Bonchev–Trinajstić information content (AvgIpc) is 1.64. The molecule has 0 saturated carbocycles. The summed E-state index contributed by atoms with van der Waals surface area (Å²) in [6, 6.07) is 26.1. The lowest BCUT2D eigenvalue weighted by Gasteiger charge is -2.22. The van der Waals surface area contributed by atoms with Gasteiger partial charge in [-0.3, -0.25) is 49.3 Å². The molecule has 9 rings (SSSR count). The topological polar surface area (TPSA) is 343 Å². The Bertz CT molecular complexity index is 4440. The molecule has 0 aliphatic heterocycles. The van der Waals surface area contributed by atoms with Crippen LogP contribution in [0.2, 0.25) is 15.1 Å². The molecule has 9 aromatic rings. The third kappa shape index (κ3) is 18.3. The number of hydrogen-bond donors (Lipinski definition) is 3. The zero-order valence-electron chi connectivity index (χ0n) is 55.0. The first kappa shape index (κ1) is 76.0. The molecule has 3 aromatic heterocycles. The van der Waals surface area contributed by atoms with Crippen LogP contribution in [0.15, 0.2) is 122 Å². The molecule has 0 atom stereocenters. The van der Waals surface area contributed by atoms with Crippen molar-refractivity contribution in [3.05, 3.63) is 184 Å². The van der Waals surface area contributed by atoms with Crippen LogP contribution in [-0.2, 0) is 28.4 Å². The Hall–Kier alpha value is -10.4. The van der Waals surface area contributed by atoms with Gasteiger partial charge >= 0.3 is 24.0 Å². The Morgan fingerprint density at radius 2 is 0.808 bits per heavy atom. The van der Waals surface area contributed by atoms with Crippen LogP contribution in [0.1, 0.15) is 88.4 Å². The highest BCUT2D eigenvalue weighted by molar-refractivity contribution is 6.33. The van der Waals surface area contributed by atoms with Crippen LogP contribution in [0, 0.1) is 26.0 Å². The molecule has 524 valence electrons. The van der Waals surface area contributed by atoms with Crippen LogP contribution in [0.25, 0.3) is 32.9 Å². The minimum atomic E-state index is -1.08. The molecule has 3 heterocycles. The summed E-state index contributed by atoms with van der Waals surface area (Å²) in [5.74, 6) is -3.32. The number of halogens is 4. The van der Waals surface area contributed by atoms with Crippen molar-refractivity contribution in [2.75, 3.05) is 126 Å². The first-order valence-corrected chi connectivity index (χ1v) is 31.7. The summed E-state index contributed by atoms with van der Waals surface area (Å²) >= 11 is 18.6. The van der Waals surface area contributed by atoms with E-state index in [1.165, 1.54) is 46.1 Å². The molecular formula is C68H70Cl3FN8O19. The van der Waals surface area contributed by atoms with E-state index in [-0.39, 0.29) is 96.2 Å². The van der Waals surface area contributed by atoms with Gasteiger partial charge in [-0.1, -0.05) is 34.8 Å². The second-order valence-corrected chi connectivity index (χ2v) is 22.4. The Morgan fingerprint density at radius 3 is 1.12 bits per heavy atom. The lowest BCUT2D eigenvalue weighted by molar-refractivity contribution is -0.387. The third-order valence-corrected chi connectivity index (χ3v) is 15.4. The molecule has 6 aromatic carbocycles. The van der Waals surface area contributed by atoms with Gasteiger partial charge in [-0.25, -0.2) is 14.4 Å². The van der Waals surface area contributed by atoms with Gasteiger partial charge in [0.05, 0.1) is 41.0 Å². The number of nitro groups is 2. The number of rotatable bonds is 28. The number of nitrogen functional groups attached to an aromatic ring is 1. The van der Waals surface area contributed by atoms with E-state index in [4.69, 9.17) is 82.2 Å². The van der Waals surface area contributed by atoms with Crippen molar-refractivity contribution >= 4 is 149 Å². The number of furan rings is 3. The van der Waals surface area contributed by atoms with Gasteiger partial charge in [-0.05, 0) is 137 Å². The van der Waals surface area contributed by atoms with Crippen molar-refractivity contribution in [3.8, 4) is 0 Å². The van der Waals surface area contributed by atoms with E-state index in [1.807, 2.05) is 0 Å². The standard InChI is InChI=1S/C23H24ClN3O7.C23H26ClN3O5.C22H20ClFN2O7/c1-4-33-23(29)26(10-5-11-32-3)20-16-13-15(24)7-9-19(16)34-22(20)21(28)14-6-8-17(25-2)18(12-14)27(30)31;1-4-31-23(29)27(10-5-11-30-3)20-16-13-15(24)7-9-19(16)32-22(20)21(28)14-6-8-18(26-2)17(25)12-14;1-3-32-22(28)25(9-4-10-31-2)19-15-12-14(23)6-8-18(15)33-21(19)20(27)13-5-7-16(24)17(11-13)26(29)30/h6-9,12-13,25H,4-5,10-11H2,1-3H3;6-9,12-13,26H,4-5,10-11,25H2,1-3H3;5-8,11-12H,3-4,9-10H2,1-2H3. The van der Waals surface area contributed by atoms with E-state index >= 15 is 0 Å². The molecule has 3 amide bonds. The summed E-state index contributed by atoms with van der Waals surface area (Å²) in [7, 11) is 7.92. The predicted molar refractivity (Wildman–Crippen MR) is 373 cm³/mol. The second-order valence-electron chi connectivity index (χ2n) is 21.1. The van der Waals surface area contributed by atoms with E-state index in [0.29, 0.717) is 104 Å². The van der Waals surface area contributed by atoms with Crippen molar-refractivity contribution in [1.29, 1.82) is 0 Å². The highest BCUT2D eigenvalue weighted by Gasteiger charge is 2.35. The molecule has 0 bridgehead atoms. The highest BCUT2D eigenvalue weighted by Crippen LogP contribution is 2.42. The van der Waals surface area contributed by atoms with Crippen molar-refractivity contribution in [1.82, 2.24) is 0 Å². The first-order valence-electron chi connectivity index (χ1n) is 30.6. The molecule has 0 unspecified atom stereocenters. The van der Waals surface area contributed by atoms with Crippen molar-refractivity contribution < 1.29 is 84.7 Å². The molecule has 0 radical (unpaired) electrons. The van der Waals surface area contributed by atoms with Crippen LogP contribution in [-0.4, -0.2) is 140 Å². The number of amides is 3. The number of carbonyl (C=O) groups is 6. The summed E-state index contributed by atoms with van der Waals surface area (Å²) in [4.78, 5) is 104. The molecule has 0 spiro atoms. The number of nitrogens with one attached hydrogen (secondary N) is 2. The first-order chi connectivity index (χ1) is 47.5. The summed E-state index contributed by atoms with van der Waals surface area (Å²) < 4.78 is 62.3. The van der Waals surface area contributed by atoms with Gasteiger partial charge in [0.15, 0.2) is 17.3 Å². The van der Waals surface area contributed by atoms with Gasteiger partial charge in [0.1, 0.15) is 39.5 Å². The minimum absolute atomic E-state index is 0.00402. The number of ketones is 3. The van der Waals surface area contributed by atoms with Gasteiger partial charge in [-0.2, -0.15) is 4.39 Å². The number of carbonyl (C=O) groups excluding carboxylic acids is 6. The van der Waals surface area contributed by atoms with Crippen LogP contribution < -0.4 is 31.1 Å². The minimum Gasteiger partial charge on any atom is -0.450 e. The summed E-state index contributed by atoms with van der Waals surface area (Å²) in [6.07, 6.45) is -0.593. The summed E-state index contributed by atoms with van der Waals surface area (Å²) in [5, 5.41) is 30.8. The number of benzene rings is 6. The molecule has 0 saturated heterocycles. The summed E-state index contributed by atoms with van der Waals surface area (Å²) in [6.45, 7) is 7.10. The number of anilines is 6. The quantitative estimate of drug-likeness (QED) is 0.0102. The van der Waals surface area contributed by atoms with Gasteiger partial charge in [0.25, 0.3) is 5.69 Å². The van der Waals surface area contributed by atoms with Gasteiger partial charge in [0.2, 0.25) is 23.2 Å². The van der Waals surface area contributed by atoms with Crippen LogP contribution in [0.4, 0.5) is 64.3 Å². The van der Waals surface area contributed by atoms with Crippen LogP contribution in [0.5, 0.6) is 0 Å². The molecule has 31 heteroatoms. The lowest BCUT2D eigenvalue weighted by atomic mass is 10.0. The maximum Gasteiger partial charge on any atom is 0.414 e. The Morgan fingerprint density at radius 1 is 0.485 bits per heavy atom. The lowest BCUT2D eigenvalue weighted by Crippen LogP contribution is -2.34. The van der Waals surface area contributed by atoms with Crippen molar-refractivity contribution in [2.45, 2.75) is 40.0 Å². The zero-order chi connectivity index (χ0) is 72.2. The second kappa shape index (κ2) is 35.8. The fraction of sp³-hybridized carbons (Fsp3) is 0.294. The van der Waals surface area contributed by atoms with Crippen LogP contribution in [0.3, 0.4) is 0 Å². The highest BCUT2D eigenvalue weighted by atomic mass is 35.5. The number of nitrogens with zero attached hydrogens (tertiary/aromatic N) is 5. The van der Waals surface area contributed by atoms with Gasteiger partial charge in [-0.15, -0.1) is 0 Å². The number of nitrogens with two attached hydrogens (primary N) is 1. The Labute approximate surface area is 580 Å². The molecule has 99 heavy (non-hydrogen) atoms. The van der Waals surface area contributed by atoms with E-state index in [2.05, 4.69) is 10.6 Å². The van der Waals surface area contributed by atoms with Crippen molar-refractivity contribution in [2.24, 2.45) is 0 Å². The van der Waals surface area contributed by atoms with Gasteiger partial charge < -0.3 is 58.0 Å². The molecule has 0 fully saturated rings. The van der Waals surface area contributed by atoms with Crippen LogP contribution >= 0.6 is 34.8 Å². The molecule has 4 N–H and O–H groups in total.